The van der Waals surface area contributed by atoms with Crippen molar-refractivity contribution in [2.45, 2.75) is 32.6 Å². The average Bonchev–Trinajstić information content (AvgIpc) is 2.60. The smallest absolute Gasteiger partial charge is 0.262 e. The lowest BCUT2D eigenvalue weighted by Gasteiger charge is -2.19. The fourth-order valence-electron chi connectivity index (χ4n) is 3.04. The Kier molecular flexibility index (Phi) is 4.94. The van der Waals surface area contributed by atoms with Crippen LogP contribution >= 0.6 is 0 Å². The molecule has 0 aromatic heterocycles. The maximum absolute atomic E-state index is 12.1. The van der Waals surface area contributed by atoms with Crippen LogP contribution in [-0.2, 0) is 17.6 Å². The number of hydrogen-bond acceptors (Lipinski definition) is 3. The number of anilines is 1. The standard InChI is InChI=1S/C20H21NO3/c1-14(22)16-8-4-9-17(12-16)21-20(23)13-24-19-11-5-7-15-6-2-3-10-18(15)19/h4-5,7-9,11-12H,2-3,6,10,13H2,1H3,(H,21,23). The molecule has 1 N–H and O–H groups in total. The zero-order chi connectivity index (χ0) is 16.9. The van der Waals surface area contributed by atoms with Gasteiger partial charge in [-0.1, -0.05) is 24.3 Å². The number of amides is 1. The van der Waals surface area contributed by atoms with Crippen LogP contribution in [0, 0.1) is 0 Å². The number of Topliss-reactive ketones (excluding diaryl/α,β-unsaturated/α-hetero) is 1. The van der Waals surface area contributed by atoms with Gasteiger partial charge in [-0.3, -0.25) is 9.59 Å². The van der Waals surface area contributed by atoms with E-state index in [9.17, 15) is 9.59 Å². The van der Waals surface area contributed by atoms with Crippen molar-refractivity contribution in [1.29, 1.82) is 0 Å². The zero-order valence-electron chi connectivity index (χ0n) is 13.8. The third kappa shape index (κ3) is 3.82. The minimum absolute atomic E-state index is 0.0294. The van der Waals surface area contributed by atoms with Gasteiger partial charge in [0.15, 0.2) is 12.4 Å². The van der Waals surface area contributed by atoms with Crippen molar-refractivity contribution in [2.75, 3.05) is 11.9 Å². The molecule has 0 saturated heterocycles. The molecule has 124 valence electrons. The summed E-state index contributed by atoms with van der Waals surface area (Å²) in [5, 5.41) is 2.77. The Morgan fingerprint density at radius 1 is 1.08 bits per heavy atom. The molecule has 0 unspecified atom stereocenters. The van der Waals surface area contributed by atoms with Gasteiger partial charge in [0.2, 0.25) is 0 Å². The number of ether oxygens (including phenoxy) is 1. The monoisotopic (exact) mass is 323 g/mol. The van der Waals surface area contributed by atoms with Crippen LogP contribution in [0.1, 0.15) is 41.3 Å². The molecule has 4 nitrogen and oxygen atoms in total. The van der Waals surface area contributed by atoms with E-state index >= 15 is 0 Å². The number of aryl methyl sites for hydroxylation is 1. The Bertz CT molecular complexity index is 767. The predicted octanol–water partition coefficient (Wildman–Crippen LogP) is 3.79. The van der Waals surface area contributed by atoms with Crippen LogP contribution in [0.5, 0.6) is 5.75 Å². The summed E-state index contributed by atoms with van der Waals surface area (Å²) in [4.78, 5) is 23.5. The Hall–Kier alpha value is -2.62. The van der Waals surface area contributed by atoms with Crippen LogP contribution in [0.3, 0.4) is 0 Å². The number of carbonyl (C=O) groups is 2. The van der Waals surface area contributed by atoms with Crippen LogP contribution in [0.4, 0.5) is 5.69 Å². The molecule has 0 heterocycles. The van der Waals surface area contributed by atoms with Gasteiger partial charge < -0.3 is 10.1 Å². The second-order valence-electron chi connectivity index (χ2n) is 6.07. The fourth-order valence-corrected chi connectivity index (χ4v) is 3.04. The Morgan fingerprint density at radius 3 is 2.71 bits per heavy atom. The largest absolute Gasteiger partial charge is 0.483 e. The topological polar surface area (TPSA) is 55.4 Å². The molecule has 4 heteroatoms. The summed E-state index contributed by atoms with van der Waals surface area (Å²) in [5.74, 6) is 0.544. The molecule has 1 aliphatic rings. The van der Waals surface area contributed by atoms with Gasteiger partial charge in [-0.05, 0) is 61.9 Å². The lowest BCUT2D eigenvalue weighted by molar-refractivity contribution is -0.118. The minimum Gasteiger partial charge on any atom is -0.483 e. The van der Waals surface area contributed by atoms with Gasteiger partial charge in [0.05, 0.1) is 0 Å². The first-order chi connectivity index (χ1) is 11.6. The van der Waals surface area contributed by atoms with Crippen LogP contribution in [0.25, 0.3) is 0 Å². The van der Waals surface area contributed by atoms with E-state index in [0.717, 1.165) is 25.0 Å². The number of rotatable bonds is 5. The number of nitrogens with one attached hydrogen (secondary N) is 1. The molecule has 0 saturated carbocycles. The van der Waals surface area contributed by atoms with E-state index in [2.05, 4.69) is 11.4 Å². The lowest BCUT2D eigenvalue weighted by atomic mass is 9.91. The highest BCUT2D eigenvalue weighted by molar-refractivity contribution is 5.97. The van der Waals surface area contributed by atoms with Crippen molar-refractivity contribution < 1.29 is 14.3 Å². The highest BCUT2D eigenvalue weighted by atomic mass is 16.5. The summed E-state index contributed by atoms with van der Waals surface area (Å²) in [7, 11) is 0. The molecule has 2 aromatic carbocycles. The quantitative estimate of drug-likeness (QED) is 0.852. The van der Waals surface area contributed by atoms with Gasteiger partial charge in [0.1, 0.15) is 5.75 Å². The van der Waals surface area contributed by atoms with Gasteiger partial charge >= 0.3 is 0 Å². The zero-order valence-corrected chi connectivity index (χ0v) is 13.8. The molecular weight excluding hydrogens is 302 g/mol. The van der Waals surface area contributed by atoms with Gasteiger partial charge in [-0.15, -0.1) is 0 Å². The second-order valence-corrected chi connectivity index (χ2v) is 6.07. The van der Waals surface area contributed by atoms with Crippen LogP contribution in [-0.4, -0.2) is 18.3 Å². The normalized spacial score (nSPS) is 13.0. The summed E-state index contributed by atoms with van der Waals surface area (Å²) in [6.45, 7) is 1.46. The van der Waals surface area contributed by atoms with Crippen LogP contribution in [0.15, 0.2) is 42.5 Å². The van der Waals surface area contributed by atoms with E-state index in [4.69, 9.17) is 4.74 Å². The van der Waals surface area contributed by atoms with E-state index in [1.54, 1.807) is 24.3 Å². The highest BCUT2D eigenvalue weighted by Gasteiger charge is 2.14. The maximum atomic E-state index is 12.1. The third-order valence-electron chi connectivity index (χ3n) is 4.26. The molecule has 0 fully saturated rings. The summed E-state index contributed by atoms with van der Waals surface area (Å²) in [6, 6.07) is 12.9. The summed E-state index contributed by atoms with van der Waals surface area (Å²) in [5.41, 5.74) is 3.74. The van der Waals surface area contributed by atoms with E-state index < -0.39 is 0 Å². The van der Waals surface area contributed by atoms with Crippen molar-refractivity contribution in [3.63, 3.8) is 0 Å². The van der Waals surface area contributed by atoms with Gasteiger partial charge in [-0.2, -0.15) is 0 Å². The molecule has 1 amide bonds. The molecular formula is C20H21NO3. The minimum atomic E-state index is -0.232. The Morgan fingerprint density at radius 2 is 1.88 bits per heavy atom. The molecule has 24 heavy (non-hydrogen) atoms. The number of carbonyl (C=O) groups excluding carboxylic acids is 2. The maximum Gasteiger partial charge on any atom is 0.262 e. The van der Waals surface area contributed by atoms with E-state index in [0.29, 0.717) is 11.3 Å². The summed E-state index contributed by atoms with van der Waals surface area (Å²) in [6.07, 6.45) is 4.46. The van der Waals surface area contributed by atoms with E-state index in [-0.39, 0.29) is 18.3 Å². The molecule has 2 aromatic rings. The number of ketones is 1. The molecule has 0 spiro atoms. The SMILES string of the molecule is CC(=O)c1cccc(NC(=O)COc2cccc3c2CCCC3)c1. The van der Waals surface area contributed by atoms with Crippen LogP contribution < -0.4 is 10.1 Å². The summed E-state index contributed by atoms with van der Waals surface area (Å²) < 4.78 is 5.74. The summed E-state index contributed by atoms with van der Waals surface area (Å²) >= 11 is 0. The van der Waals surface area contributed by atoms with Gasteiger partial charge in [-0.25, -0.2) is 0 Å². The van der Waals surface area contributed by atoms with E-state index in [1.807, 2.05) is 12.1 Å². The van der Waals surface area contributed by atoms with Crippen molar-refractivity contribution in [1.82, 2.24) is 0 Å². The van der Waals surface area contributed by atoms with E-state index in [1.165, 1.54) is 24.5 Å². The first kappa shape index (κ1) is 16.2. The average molecular weight is 323 g/mol. The molecule has 0 atom stereocenters. The van der Waals surface area contributed by atoms with Crippen molar-refractivity contribution in [3.8, 4) is 5.75 Å². The third-order valence-corrected chi connectivity index (χ3v) is 4.26. The fraction of sp³-hybridized carbons (Fsp3) is 0.300. The second kappa shape index (κ2) is 7.30. The predicted molar refractivity (Wildman–Crippen MR) is 93.7 cm³/mol. The van der Waals surface area contributed by atoms with Crippen molar-refractivity contribution in [3.05, 3.63) is 59.2 Å². The Labute approximate surface area is 141 Å². The first-order valence-electron chi connectivity index (χ1n) is 8.28. The molecule has 1 aliphatic carbocycles. The first-order valence-corrected chi connectivity index (χ1v) is 8.28. The Balaban J connectivity index is 1.62. The lowest BCUT2D eigenvalue weighted by Crippen LogP contribution is -2.21. The van der Waals surface area contributed by atoms with Gasteiger partial charge in [0, 0.05) is 11.3 Å². The number of hydrogen-bond donors (Lipinski definition) is 1. The molecule has 0 bridgehead atoms. The highest BCUT2D eigenvalue weighted by Crippen LogP contribution is 2.29. The van der Waals surface area contributed by atoms with Crippen molar-refractivity contribution >= 4 is 17.4 Å². The van der Waals surface area contributed by atoms with Crippen molar-refractivity contribution in [2.24, 2.45) is 0 Å². The molecule has 0 aliphatic heterocycles. The molecule has 3 rings (SSSR count). The molecule has 0 radical (unpaired) electrons. The number of fused-ring (bicyclic) bond motifs is 1. The van der Waals surface area contributed by atoms with Crippen LogP contribution in [0.2, 0.25) is 0 Å². The number of benzene rings is 2. The van der Waals surface area contributed by atoms with Gasteiger partial charge in [0.25, 0.3) is 5.91 Å².